The quantitative estimate of drug-likeness (QED) is 0.872. The summed E-state index contributed by atoms with van der Waals surface area (Å²) in [7, 11) is -3.89. The highest BCUT2D eigenvalue weighted by atomic mass is 32.2. The van der Waals surface area contributed by atoms with E-state index in [1.807, 2.05) is 0 Å². The van der Waals surface area contributed by atoms with Crippen molar-refractivity contribution < 1.29 is 12.8 Å². The lowest BCUT2D eigenvalue weighted by Gasteiger charge is -2.23. The number of hydrogen-bond donors (Lipinski definition) is 2. The van der Waals surface area contributed by atoms with Gasteiger partial charge in [0.05, 0.1) is 11.6 Å². The maximum atomic E-state index is 13.7. The molecule has 0 aliphatic carbocycles. The van der Waals surface area contributed by atoms with Crippen LogP contribution in [0, 0.1) is 17.1 Å². The van der Waals surface area contributed by atoms with Gasteiger partial charge in [-0.15, -0.1) is 0 Å². The van der Waals surface area contributed by atoms with Crippen molar-refractivity contribution in [3.63, 3.8) is 0 Å². The van der Waals surface area contributed by atoms with Crippen LogP contribution in [0.15, 0.2) is 23.1 Å². The van der Waals surface area contributed by atoms with Gasteiger partial charge in [0.2, 0.25) is 10.0 Å². The Bertz CT molecular complexity index is 619. The molecule has 20 heavy (non-hydrogen) atoms. The number of halogens is 1. The highest BCUT2D eigenvalue weighted by molar-refractivity contribution is 7.89. The maximum absolute atomic E-state index is 13.7. The normalized spacial score (nSPS) is 19.5. The Balaban J connectivity index is 2.08. The summed E-state index contributed by atoms with van der Waals surface area (Å²) >= 11 is 0. The van der Waals surface area contributed by atoms with Crippen LogP contribution in [0.1, 0.15) is 24.8 Å². The molecular weight excluding hydrogens is 281 g/mol. The predicted octanol–water partition coefficient (Wildman–Crippen LogP) is 1.12. The Kier molecular flexibility index (Phi) is 4.70. The van der Waals surface area contributed by atoms with Crippen molar-refractivity contribution in [3.05, 3.63) is 29.6 Å². The first-order valence-corrected chi connectivity index (χ1v) is 7.94. The molecule has 0 aromatic heterocycles. The molecule has 2 N–H and O–H groups in total. The third-order valence-corrected chi connectivity index (χ3v) is 4.74. The molecule has 1 aromatic rings. The number of sulfonamides is 1. The van der Waals surface area contributed by atoms with Crippen molar-refractivity contribution >= 4 is 10.0 Å². The molecule has 0 saturated carbocycles. The SMILES string of the molecule is N#Cc1ccc(S(=O)(=O)NC[C@H]2CCCCN2)c(F)c1. The largest absolute Gasteiger partial charge is 0.313 e. The van der Waals surface area contributed by atoms with Crippen LogP contribution in [-0.2, 0) is 10.0 Å². The second-order valence-electron chi connectivity index (χ2n) is 4.76. The Hall–Kier alpha value is -1.49. The van der Waals surface area contributed by atoms with Crippen LogP contribution >= 0.6 is 0 Å². The van der Waals surface area contributed by atoms with Crippen LogP contribution in [0.25, 0.3) is 0 Å². The zero-order chi connectivity index (χ0) is 14.6. The van der Waals surface area contributed by atoms with E-state index in [4.69, 9.17) is 5.26 Å². The van der Waals surface area contributed by atoms with Gasteiger partial charge in [0.25, 0.3) is 0 Å². The summed E-state index contributed by atoms with van der Waals surface area (Å²) in [6.07, 6.45) is 3.05. The summed E-state index contributed by atoms with van der Waals surface area (Å²) in [4.78, 5) is -0.424. The fourth-order valence-electron chi connectivity index (χ4n) is 2.17. The summed E-state index contributed by atoms with van der Waals surface area (Å²) in [5.74, 6) is -0.909. The van der Waals surface area contributed by atoms with E-state index in [1.54, 1.807) is 6.07 Å². The second-order valence-corrected chi connectivity index (χ2v) is 6.49. The van der Waals surface area contributed by atoms with E-state index < -0.39 is 20.7 Å². The van der Waals surface area contributed by atoms with Crippen molar-refractivity contribution in [1.82, 2.24) is 10.0 Å². The van der Waals surface area contributed by atoms with Crippen LogP contribution in [0.2, 0.25) is 0 Å². The lowest BCUT2D eigenvalue weighted by Crippen LogP contribution is -2.43. The molecule has 108 valence electrons. The number of hydrogen-bond acceptors (Lipinski definition) is 4. The summed E-state index contributed by atoms with van der Waals surface area (Å²) in [6.45, 7) is 1.11. The highest BCUT2D eigenvalue weighted by Gasteiger charge is 2.21. The lowest BCUT2D eigenvalue weighted by molar-refractivity contribution is 0.398. The molecule has 0 unspecified atom stereocenters. The number of nitrogens with one attached hydrogen (secondary N) is 2. The molecule has 0 radical (unpaired) electrons. The minimum absolute atomic E-state index is 0.0833. The van der Waals surface area contributed by atoms with Gasteiger partial charge in [-0.05, 0) is 37.6 Å². The van der Waals surface area contributed by atoms with Crippen LogP contribution in [0.4, 0.5) is 4.39 Å². The highest BCUT2D eigenvalue weighted by Crippen LogP contribution is 2.16. The summed E-state index contributed by atoms with van der Waals surface area (Å²) in [5.41, 5.74) is 0.0930. The van der Waals surface area contributed by atoms with Gasteiger partial charge < -0.3 is 5.32 Å². The van der Waals surface area contributed by atoms with E-state index >= 15 is 0 Å². The third-order valence-electron chi connectivity index (χ3n) is 3.28. The molecule has 1 atom stereocenters. The van der Waals surface area contributed by atoms with E-state index in [9.17, 15) is 12.8 Å². The Labute approximate surface area is 117 Å². The molecule has 1 saturated heterocycles. The summed E-state index contributed by atoms with van der Waals surface area (Å²) < 4.78 is 40.2. The Morgan fingerprint density at radius 1 is 1.45 bits per heavy atom. The molecule has 1 heterocycles. The Morgan fingerprint density at radius 3 is 2.85 bits per heavy atom. The van der Waals surface area contributed by atoms with E-state index in [1.165, 1.54) is 6.07 Å². The zero-order valence-electron chi connectivity index (χ0n) is 10.9. The van der Waals surface area contributed by atoms with Crippen molar-refractivity contribution in [2.75, 3.05) is 13.1 Å². The second kappa shape index (κ2) is 6.31. The van der Waals surface area contributed by atoms with Crippen molar-refractivity contribution in [2.45, 2.75) is 30.2 Å². The van der Waals surface area contributed by atoms with Gasteiger partial charge in [0, 0.05) is 12.6 Å². The van der Waals surface area contributed by atoms with E-state index in [-0.39, 0.29) is 18.2 Å². The fraction of sp³-hybridized carbons (Fsp3) is 0.462. The predicted molar refractivity (Wildman–Crippen MR) is 71.9 cm³/mol. The van der Waals surface area contributed by atoms with Crippen LogP contribution in [0.5, 0.6) is 0 Å². The lowest BCUT2D eigenvalue weighted by atomic mass is 10.1. The molecule has 5 nitrogen and oxygen atoms in total. The van der Waals surface area contributed by atoms with E-state index in [0.717, 1.165) is 37.9 Å². The summed E-state index contributed by atoms with van der Waals surface area (Å²) in [5, 5.41) is 11.9. The van der Waals surface area contributed by atoms with E-state index in [2.05, 4.69) is 10.0 Å². The molecule has 0 amide bonds. The number of nitriles is 1. The molecule has 2 rings (SSSR count). The summed E-state index contributed by atoms with van der Waals surface area (Å²) in [6, 6.07) is 5.18. The first kappa shape index (κ1) is 14.9. The molecule has 1 aliphatic rings. The molecule has 0 bridgehead atoms. The number of benzene rings is 1. The Morgan fingerprint density at radius 2 is 2.25 bits per heavy atom. The van der Waals surface area contributed by atoms with Gasteiger partial charge in [-0.3, -0.25) is 0 Å². The fourth-order valence-corrected chi connectivity index (χ4v) is 3.31. The van der Waals surface area contributed by atoms with Gasteiger partial charge in [-0.2, -0.15) is 5.26 Å². The van der Waals surface area contributed by atoms with Crippen molar-refractivity contribution in [1.29, 1.82) is 5.26 Å². The molecule has 1 fully saturated rings. The molecule has 7 heteroatoms. The van der Waals surface area contributed by atoms with Crippen LogP contribution < -0.4 is 10.0 Å². The smallest absolute Gasteiger partial charge is 0.243 e. The first-order chi connectivity index (χ1) is 9.53. The average molecular weight is 297 g/mol. The maximum Gasteiger partial charge on any atom is 0.243 e. The van der Waals surface area contributed by atoms with Crippen molar-refractivity contribution in [2.24, 2.45) is 0 Å². The van der Waals surface area contributed by atoms with Gasteiger partial charge in [0.1, 0.15) is 10.7 Å². The van der Waals surface area contributed by atoms with Gasteiger partial charge in [0.15, 0.2) is 0 Å². The molecule has 0 spiro atoms. The van der Waals surface area contributed by atoms with Crippen LogP contribution in [-0.4, -0.2) is 27.5 Å². The van der Waals surface area contributed by atoms with E-state index in [0.29, 0.717) is 0 Å². The number of piperidine rings is 1. The average Bonchev–Trinajstić information content (AvgIpc) is 2.46. The zero-order valence-corrected chi connectivity index (χ0v) is 11.7. The standard InChI is InChI=1S/C13H16FN3O2S/c14-12-7-10(8-15)4-5-13(12)20(18,19)17-9-11-3-1-2-6-16-11/h4-5,7,11,16-17H,1-3,6,9H2/t11-/m1/s1. The third kappa shape index (κ3) is 3.54. The molecule has 1 aromatic carbocycles. The molecule has 1 aliphatic heterocycles. The van der Waals surface area contributed by atoms with Gasteiger partial charge in [-0.25, -0.2) is 17.5 Å². The minimum atomic E-state index is -3.89. The number of rotatable bonds is 4. The number of nitrogens with zero attached hydrogens (tertiary/aromatic N) is 1. The first-order valence-electron chi connectivity index (χ1n) is 6.45. The van der Waals surface area contributed by atoms with Crippen molar-refractivity contribution in [3.8, 4) is 6.07 Å². The van der Waals surface area contributed by atoms with Crippen LogP contribution in [0.3, 0.4) is 0 Å². The monoisotopic (exact) mass is 297 g/mol. The molecular formula is C13H16FN3O2S. The minimum Gasteiger partial charge on any atom is -0.313 e. The van der Waals surface area contributed by atoms with Gasteiger partial charge in [-0.1, -0.05) is 6.42 Å². The van der Waals surface area contributed by atoms with Gasteiger partial charge >= 0.3 is 0 Å². The topological polar surface area (TPSA) is 82.0 Å².